The average molecular weight is 157 g/mol. The molecule has 0 aromatic carbocycles. The molecule has 1 saturated heterocycles. The first-order valence-electron chi connectivity index (χ1n) is 4.07. The molecular weight excluding hydrogens is 142 g/mol. The van der Waals surface area contributed by atoms with E-state index in [4.69, 9.17) is 5.73 Å². The van der Waals surface area contributed by atoms with Crippen molar-refractivity contribution in [3.8, 4) is 0 Å². The fourth-order valence-electron chi connectivity index (χ4n) is 1.94. The minimum atomic E-state index is 0.524. The molecule has 0 aromatic rings. The van der Waals surface area contributed by atoms with Crippen LogP contribution in [0.25, 0.3) is 0 Å². The van der Waals surface area contributed by atoms with Gasteiger partial charge in [0.25, 0.3) is 0 Å². The number of hydrogen-bond donors (Lipinski definition) is 1. The Morgan fingerprint density at radius 3 is 2.70 bits per heavy atom. The van der Waals surface area contributed by atoms with E-state index in [1.807, 2.05) is 0 Å². The highest BCUT2D eigenvalue weighted by molar-refractivity contribution is 7.99. The van der Waals surface area contributed by atoms with Gasteiger partial charge >= 0.3 is 0 Å². The summed E-state index contributed by atoms with van der Waals surface area (Å²) in [5.41, 5.74) is 6.42. The van der Waals surface area contributed by atoms with Crippen LogP contribution < -0.4 is 5.73 Å². The van der Waals surface area contributed by atoms with Gasteiger partial charge in [-0.25, -0.2) is 0 Å². The predicted octanol–water partition coefficient (Wildman–Crippen LogP) is 1.48. The smallest absolute Gasteiger partial charge is 0.0102 e. The van der Waals surface area contributed by atoms with Crippen molar-refractivity contribution in [2.45, 2.75) is 25.8 Å². The summed E-state index contributed by atoms with van der Waals surface area (Å²) < 4.78 is 0. The van der Waals surface area contributed by atoms with Gasteiger partial charge in [-0.2, -0.15) is 11.8 Å². The zero-order valence-electron chi connectivity index (χ0n) is 6.47. The lowest BCUT2D eigenvalue weighted by Crippen LogP contribution is -2.20. The number of rotatable bonds is 1. The van der Waals surface area contributed by atoms with Gasteiger partial charge in [0.1, 0.15) is 0 Å². The van der Waals surface area contributed by atoms with Gasteiger partial charge < -0.3 is 5.73 Å². The van der Waals surface area contributed by atoms with Crippen molar-refractivity contribution >= 4 is 11.8 Å². The highest BCUT2D eigenvalue weighted by Gasteiger charge is 2.53. The van der Waals surface area contributed by atoms with E-state index in [1.54, 1.807) is 0 Å². The van der Waals surface area contributed by atoms with Crippen LogP contribution in [0, 0.1) is 11.3 Å². The van der Waals surface area contributed by atoms with Gasteiger partial charge in [-0.15, -0.1) is 0 Å². The molecule has 1 aliphatic carbocycles. The predicted molar refractivity (Wildman–Crippen MR) is 46.1 cm³/mol. The van der Waals surface area contributed by atoms with Gasteiger partial charge in [-0.05, 0) is 35.7 Å². The molecule has 1 saturated carbocycles. The molecule has 2 heteroatoms. The number of hydrogen-bond acceptors (Lipinski definition) is 2. The molecule has 3 atom stereocenters. The highest BCUT2D eigenvalue weighted by Crippen LogP contribution is 2.54. The van der Waals surface area contributed by atoms with Gasteiger partial charge in [0.15, 0.2) is 0 Å². The molecule has 58 valence electrons. The van der Waals surface area contributed by atoms with E-state index in [0.29, 0.717) is 11.5 Å². The molecule has 0 spiro atoms. The van der Waals surface area contributed by atoms with Crippen molar-refractivity contribution < 1.29 is 0 Å². The first-order chi connectivity index (χ1) is 4.73. The summed E-state index contributed by atoms with van der Waals surface area (Å²) in [5.74, 6) is 3.67. The first kappa shape index (κ1) is 6.99. The van der Waals surface area contributed by atoms with Crippen molar-refractivity contribution in [1.82, 2.24) is 0 Å². The minimum absolute atomic E-state index is 0.524. The Hall–Kier alpha value is 0.310. The van der Waals surface area contributed by atoms with Gasteiger partial charge in [-0.3, -0.25) is 0 Å². The molecule has 1 nitrogen and oxygen atoms in total. The second-order valence-electron chi connectivity index (χ2n) is 3.88. The van der Waals surface area contributed by atoms with Crippen LogP contribution in [-0.4, -0.2) is 17.5 Å². The van der Waals surface area contributed by atoms with Crippen molar-refractivity contribution in [3.63, 3.8) is 0 Å². The van der Waals surface area contributed by atoms with Crippen molar-refractivity contribution in [1.29, 1.82) is 0 Å². The Labute approximate surface area is 66.7 Å². The third-order valence-corrected chi connectivity index (χ3v) is 4.37. The number of nitrogens with two attached hydrogens (primary N) is 1. The summed E-state index contributed by atoms with van der Waals surface area (Å²) in [4.78, 5) is 0. The molecule has 2 rings (SSSR count). The maximum Gasteiger partial charge on any atom is 0.0102 e. The van der Waals surface area contributed by atoms with E-state index in [1.165, 1.54) is 24.3 Å². The van der Waals surface area contributed by atoms with Crippen LogP contribution in [0.4, 0.5) is 0 Å². The fraction of sp³-hybridized carbons (Fsp3) is 1.00. The molecule has 1 heterocycles. The molecule has 10 heavy (non-hydrogen) atoms. The summed E-state index contributed by atoms with van der Waals surface area (Å²) in [6, 6.07) is 0.524. The van der Waals surface area contributed by atoms with Crippen LogP contribution in [-0.2, 0) is 0 Å². The number of thioether (sulfide) groups is 1. The quantitative estimate of drug-likeness (QED) is 0.624. The third kappa shape index (κ3) is 0.892. The maximum absolute atomic E-state index is 5.87. The topological polar surface area (TPSA) is 26.0 Å². The lowest BCUT2D eigenvalue weighted by molar-refractivity contribution is 0.361. The Kier molecular flexibility index (Phi) is 1.50. The van der Waals surface area contributed by atoms with E-state index in [2.05, 4.69) is 18.7 Å². The molecular formula is C8H15NS. The van der Waals surface area contributed by atoms with Crippen LogP contribution in [0.2, 0.25) is 0 Å². The second-order valence-corrected chi connectivity index (χ2v) is 5.03. The summed E-state index contributed by atoms with van der Waals surface area (Å²) in [6.07, 6.45) is 2.69. The van der Waals surface area contributed by atoms with E-state index < -0.39 is 0 Å². The normalized spacial score (nSPS) is 53.4. The zero-order chi connectivity index (χ0) is 7.19. The van der Waals surface area contributed by atoms with Crippen LogP contribution in [0.15, 0.2) is 0 Å². The Balaban J connectivity index is 1.99. The van der Waals surface area contributed by atoms with Gasteiger partial charge in [0.2, 0.25) is 0 Å². The summed E-state index contributed by atoms with van der Waals surface area (Å²) in [5, 5.41) is 0. The van der Waals surface area contributed by atoms with E-state index in [9.17, 15) is 0 Å². The summed E-state index contributed by atoms with van der Waals surface area (Å²) in [6.45, 7) is 2.36. The van der Waals surface area contributed by atoms with Gasteiger partial charge in [0, 0.05) is 6.04 Å². The van der Waals surface area contributed by atoms with Crippen LogP contribution in [0.3, 0.4) is 0 Å². The Bertz CT molecular complexity index is 142. The lowest BCUT2D eigenvalue weighted by Gasteiger charge is -2.16. The van der Waals surface area contributed by atoms with Crippen LogP contribution in [0.1, 0.15) is 19.8 Å². The van der Waals surface area contributed by atoms with Gasteiger partial charge in [-0.1, -0.05) is 6.92 Å². The Morgan fingerprint density at radius 2 is 2.30 bits per heavy atom. The molecule has 2 fully saturated rings. The zero-order valence-corrected chi connectivity index (χ0v) is 7.29. The molecule has 1 unspecified atom stereocenters. The maximum atomic E-state index is 5.87. The average Bonchev–Trinajstić information content (AvgIpc) is 2.35. The van der Waals surface area contributed by atoms with Crippen LogP contribution in [0.5, 0.6) is 0 Å². The van der Waals surface area contributed by atoms with Crippen molar-refractivity contribution in [3.05, 3.63) is 0 Å². The molecule has 2 aliphatic rings. The molecule has 0 aromatic heterocycles. The molecule has 1 aliphatic heterocycles. The summed E-state index contributed by atoms with van der Waals surface area (Å²) in [7, 11) is 0. The standard InChI is InChI=1S/C8H15NS/c1-8(4-7(8)9)6-2-3-10-5-6/h6-7H,2-5,9H2,1H3/t6?,7-,8+/m0/s1. The second kappa shape index (κ2) is 2.15. The van der Waals surface area contributed by atoms with Crippen LogP contribution >= 0.6 is 11.8 Å². The minimum Gasteiger partial charge on any atom is -0.327 e. The first-order valence-corrected chi connectivity index (χ1v) is 5.22. The summed E-state index contributed by atoms with van der Waals surface area (Å²) >= 11 is 2.10. The Morgan fingerprint density at radius 1 is 1.60 bits per heavy atom. The van der Waals surface area contributed by atoms with E-state index in [0.717, 1.165) is 5.92 Å². The molecule has 0 amide bonds. The lowest BCUT2D eigenvalue weighted by atomic mass is 9.90. The SMILES string of the molecule is C[C@]1(C2CCSC2)C[C@@H]1N. The molecule has 0 bridgehead atoms. The van der Waals surface area contributed by atoms with Crippen molar-refractivity contribution in [2.75, 3.05) is 11.5 Å². The van der Waals surface area contributed by atoms with E-state index in [-0.39, 0.29) is 0 Å². The van der Waals surface area contributed by atoms with Crippen molar-refractivity contribution in [2.24, 2.45) is 17.1 Å². The van der Waals surface area contributed by atoms with Gasteiger partial charge in [0.05, 0.1) is 0 Å². The highest BCUT2D eigenvalue weighted by atomic mass is 32.2. The monoisotopic (exact) mass is 157 g/mol. The third-order valence-electron chi connectivity index (χ3n) is 3.21. The fourth-order valence-corrected chi connectivity index (χ4v) is 3.39. The molecule has 2 N–H and O–H groups in total. The largest absolute Gasteiger partial charge is 0.327 e. The molecule has 0 radical (unpaired) electrons. The van der Waals surface area contributed by atoms with E-state index >= 15 is 0 Å².